The van der Waals surface area contributed by atoms with Crippen LogP contribution in [0.4, 0.5) is 5.69 Å². The number of aromatic nitrogens is 4. The quantitative estimate of drug-likeness (QED) is 0.464. The fourth-order valence-electron chi connectivity index (χ4n) is 3.02. The van der Waals surface area contributed by atoms with Crippen LogP contribution in [0.15, 0.2) is 66.6 Å². The normalized spacial score (nSPS) is 11.2. The van der Waals surface area contributed by atoms with E-state index in [0.29, 0.717) is 10.6 Å². The lowest BCUT2D eigenvalue weighted by Crippen LogP contribution is -2.12. The number of aryl methyl sites for hydroxylation is 1. The second-order valence-electron chi connectivity index (χ2n) is 6.22. The average Bonchev–Trinajstić information content (AvgIpc) is 3.45. The predicted octanol–water partition coefficient (Wildman–Crippen LogP) is 4.87. The van der Waals surface area contributed by atoms with Gasteiger partial charge in [-0.25, -0.2) is 9.97 Å². The van der Waals surface area contributed by atoms with Crippen LogP contribution in [-0.2, 0) is 0 Å². The first-order chi connectivity index (χ1) is 13.7. The van der Waals surface area contributed by atoms with Crippen molar-refractivity contribution in [1.29, 1.82) is 0 Å². The van der Waals surface area contributed by atoms with E-state index in [1.807, 2.05) is 82.5 Å². The molecule has 0 unspecified atom stereocenters. The minimum absolute atomic E-state index is 0.165. The molecule has 0 aliphatic heterocycles. The van der Waals surface area contributed by atoms with Gasteiger partial charge in [0.1, 0.15) is 4.88 Å². The molecule has 1 aromatic carbocycles. The lowest BCUT2D eigenvalue weighted by molar-refractivity contribution is 0.103. The zero-order chi connectivity index (χ0) is 19.1. The number of para-hydroxylation sites is 1. The number of nitrogens with zero attached hydrogens (tertiary/aromatic N) is 4. The second kappa shape index (κ2) is 6.74. The maximum Gasteiger partial charge on any atom is 0.267 e. The summed E-state index contributed by atoms with van der Waals surface area (Å²) in [5, 5.41) is 5.81. The Labute approximate surface area is 168 Å². The van der Waals surface area contributed by atoms with Gasteiger partial charge in [-0.1, -0.05) is 29.5 Å². The van der Waals surface area contributed by atoms with Crippen LogP contribution in [0.2, 0.25) is 0 Å². The highest BCUT2D eigenvalue weighted by atomic mass is 32.1. The Bertz CT molecular complexity index is 1250. The fraction of sp³-hybridized carbons (Fsp3) is 0.0500. The lowest BCUT2D eigenvalue weighted by Gasteiger charge is -2.08. The highest BCUT2D eigenvalue weighted by Crippen LogP contribution is 2.30. The molecule has 4 aromatic heterocycles. The van der Waals surface area contributed by atoms with Crippen molar-refractivity contribution >= 4 is 39.2 Å². The van der Waals surface area contributed by atoms with Gasteiger partial charge >= 0.3 is 0 Å². The van der Waals surface area contributed by atoms with E-state index in [0.717, 1.165) is 27.0 Å². The number of carbonyl (C=O) groups is 1. The Kier molecular flexibility index (Phi) is 4.07. The molecule has 6 nitrogen and oxygen atoms in total. The Hall–Kier alpha value is -3.23. The van der Waals surface area contributed by atoms with Crippen molar-refractivity contribution in [3.05, 3.63) is 77.1 Å². The van der Waals surface area contributed by atoms with Crippen LogP contribution in [-0.4, -0.2) is 24.8 Å². The first kappa shape index (κ1) is 16.9. The smallest absolute Gasteiger partial charge is 0.267 e. The Morgan fingerprint density at radius 3 is 2.71 bits per heavy atom. The highest BCUT2D eigenvalue weighted by molar-refractivity contribution is 7.16. The van der Waals surface area contributed by atoms with Crippen molar-refractivity contribution in [3.8, 4) is 16.4 Å². The summed E-state index contributed by atoms with van der Waals surface area (Å²) in [6.45, 7) is 1.85. The fourth-order valence-corrected chi connectivity index (χ4v) is 4.65. The zero-order valence-electron chi connectivity index (χ0n) is 14.9. The molecule has 28 heavy (non-hydrogen) atoms. The molecule has 0 aliphatic rings. The van der Waals surface area contributed by atoms with Crippen molar-refractivity contribution in [3.63, 3.8) is 0 Å². The molecule has 5 aromatic rings. The molecule has 8 heteroatoms. The molecular weight excluding hydrogens is 390 g/mol. The van der Waals surface area contributed by atoms with Gasteiger partial charge in [-0.3, -0.25) is 9.20 Å². The minimum Gasteiger partial charge on any atom is -0.321 e. The minimum atomic E-state index is -0.165. The van der Waals surface area contributed by atoms with Gasteiger partial charge < -0.3 is 9.88 Å². The van der Waals surface area contributed by atoms with E-state index in [9.17, 15) is 4.79 Å². The van der Waals surface area contributed by atoms with Crippen LogP contribution < -0.4 is 5.32 Å². The zero-order valence-corrected chi connectivity index (χ0v) is 16.5. The molecule has 0 atom stereocenters. The number of anilines is 1. The van der Waals surface area contributed by atoms with Gasteiger partial charge in [-0.2, -0.15) is 0 Å². The van der Waals surface area contributed by atoms with Gasteiger partial charge in [0.2, 0.25) is 0 Å². The summed E-state index contributed by atoms with van der Waals surface area (Å²) in [5.74, 6) is -0.165. The molecule has 5 rings (SSSR count). The van der Waals surface area contributed by atoms with E-state index in [1.165, 1.54) is 11.3 Å². The molecule has 0 saturated heterocycles. The van der Waals surface area contributed by atoms with Gasteiger partial charge in [0.15, 0.2) is 10.1 Å². The number of carbonyl (C=O) groups excluding carboxylic acids is 1. The molecular formula is C20H15N5OS2. The largest absolute Gasteiger partial charge is 0.321 e. The third-order valence-corrected chi connectivity index (χ3v) is 6.30. The first-order valence-corrected chi connectivity index (χ1v) is 10.3. The summed E-state index contributed by atoms with van der Waals surface area (Å²) >= 11 is 2.95. The molecule has 138 valence electrons. The van der Waals surface area contributed by atoms with E-state index in [2.05, 4.69) is 15.3 Å². The molecule has 0 aliphatic carbocycles. The summed E-state index contributed by atoms with van der Waals surface area (Å²) in [5.41, 5.74) is 3.16. The van der Waals surface area contributed by atoms with Crippen molar-refractivity contribution in [2.45, 2.75) is 6.92 Å². The van der Waals surface area contributed by atoms with Gasteiger partial charge in [0, 0.05) is 35.7 Å². The van der Waals surface area contributed by atoms with Crippen LogP contribution >= 0.6 is 22.7 Å². The van der Waals surface area contributed by atoms with Crippen LogP contribution in [0.5, 0.6) is 0 Å². The number of rotatable bonds is 4. The van der Waals surface area contributed by atoms with Crippen LogP contribution in [0.3, 0.4) is 0 Å². The Balaban J connectivity index is 1.47. The standard InChI is InChI=1S/C20H15N5OS2/c1-13-17(28-20(21-13)24-8-4-5-9-24)18(26)22-15-7-3-2-6-14(15)16-12-25-10-11-27-19(25)23-16/h2-12H,1H3,(H,22,26). The summed E-state index contributed by atoms with van der Waals surface area (Å²) in [6.07, 6.45) is 7.78. The average molecular weight is 406 g/mol. The summed E-state index contributed by atoms with van der Waals surface area (Å²) in [6, 6.07) is 11.6. The number of nitrogens with one attached hydrogen (secondary N) is 1. The summed E-state index contributed by atoms with van der Waals surface area (Å²) in [4.78, 5) is 23.7. The van der Waals surface area contributed by atoms with Crippen molar-refractivity contribution in [2.24, 2.45) is 0 Å². The van der Waals surface area contributed by atoms with Crippen LogP contribution in [0.1, 0.15) is 15.4 Å². The second-order valence-corrected chi connectivity index (χ2v) is 8.07. The van der Waals surface area contributed by atoms with Gasteiger partial charge in [-0.15, -0.1) is 11.3 Å². The number of amides is 1. The lowest BCUT2D eigenvalue weighted by atomic mass is 10.1. The molecule has 1 N–H and O–H groups in total. The molecule has 1 amide bonds. The predicted molar refractivity (Wildman–Crippen MR) is 113 cm³/mol. The number of benzene rings is 1. The van der Waals surface area contributed by atoms with E-state index in [-0.39, 0.29) is 5.91 Å². The SMILES string of the molecule is Cc1nc(-n2cccc2)sc1C(=O)Nc1ccccc1-c1cn2ccsc2n1. The summed E-state index contributed by atoms with van der Waals surface area (Å²) < 4.78 is 3.88. The van der Waals surface area contributed by atoms with E-state index in [1.54, 1.807) is 11.3 Å². The number of hydrogen-bond donors (Lipinski definition) is 1. The number of hydrogen-bond acceptors (Lipinski definition) is 5. The van der Waals surface area contributed by atoms with Gasteiger partial charge in [0.25, 0.3) is 5.91 Å². The Morgan fingerprint density at radius 2 is 1.89 bits per heavy atom. The third-order valence-electron chi connectivity index (χ3n) is 4.36. The monoisotopic (exact) mass is 405 g/mol. The van der Waals surface area contributed by atoms with Crippen molar-refractivity contribution in [1.82, 2.24) is 18.9 Å². The maximum absolute atomic E-state index is 13.0. The first-order valence-electron chi connectivity index (χ1n) is 8.63. The van der Waals surface area contributed by atoms with Crippen LogP contribution in [0, 0.1) is 6.92 Å². The maximum atomic E-state index is 13.0. The molecule has 0 fully saturated rings. The Morgan fingerprint density at radius 1 is 1.07 bits per heavy atom. The third kappa shape index (κ3) is 2.92. The summed E-state index contributed by atoms with van der Waals surface area (Å²) in [7, 11) is 0. The number of thiazole rings is 2. The van der Waals surface area contributed by atoms with E-state index < -0.39 is 0 Å². The number of fused-ring (bicyclic) bond motifs is 1. The topological polar surface area (TPSA) is 64.2 Å². The van der Waals surface area contributed by atoms with E-state index in [4.69, 9.17) is 0 Å². The molecule has 0 spiro atoms. The molecule has 0 saturated carbocycles. The van der Waals surface area contributed by atoms with Crippen molar-refractivity contribution in [2.75, 3.05) is 5.32 Å². The van der Waals surface area contributed by atoms with Gasteiger partial charge in [-0.05, 0) is 25.1 Å². The molecule has 4 heterocycles. The van der Waals surface area contributed by atoms with E-state index >= 15 is 0 Å². The highest BCUT2D eigenvalue weighted by Gasteiger charge is 2.18. The number of imidazole rings is 1. The molecule has 0 bridgehead atoms. The van der Waals surface area contributed by atoms with Crippen molar-refractivity contribution < 1.29 is 4.79 Å². The van der Waals surface area contributed by atoms with Crippen LogP contribution in [0.25, 0.3) is 21.3 Å². The van der Waals surface area contributed by atoms with Gasteiger partial charge in [0.05, 0.1) is 17.1 Å². The molecule has 0 radical (unpaired) electrons.